The lowest BCUT2D eigenvalue weighted by Gasteiger charge is -2.43. The summed E-state index contributed by atoms with van der Waals surface area (Å²) in [5, 5.41) is 9.39. The van der Waals surface area contributed by atoms with Crippen LogP contribution in [0.3, 0.4) is 0 Å². The van der Waals surface area contributed by atoms with Gasteiger partial charge in [-0.05, 0) is 181 Å². The van der Waals surface area contributed by atoms with Gasteiger partial charge in [0.05, 0.1) is 16.7 Å². The Morgan fingerprint density at radius 1 is 0.432 bits per heavy atom. The van der Waals surface area contributed by atoms with E-state index >= 15 is 0 Å². The van der Waals surface area contributed by atoms with Crippen molar-refractivity contribution in [1.82, 2.24) is 4.57 Å². The van der Waals surface area contributed by atoms with Crippen LogP contribution in [0.25, 0.3) is 49.4 Å². The largest absolute Gasteiger partial charge is 0.355 e. The van der Waals surface area contributed by atoms with E-state index in [1.807, 2.05) is 0 Å². The molecule has 0 amide bonds. The molecule has 3 nitrogen and oxygen atoms in total. The Morgan fingerprint density at radius 2 is 0.946 bits per heavy atom. The van der Waals surface area contributed by atoms with Gasteiger partial charge in [-0.1, -0.05) is 173 Å². The quantitative estimate of drug-likeness (QED) is 0.168. The highest BCUT2D eigenvalue weighted by molar-refractivity contribution is 6.74. The van der Waals surface area contributed by atoms with Crippen molar-refractivity contribution in [2.45, 2.75) is 154 Å². The van der Waals surface area contributed by atoms with Crippen molar-refractivity contribution in [3.05, 3.63) is 179 Å². The lowest BCUT2D eigenvalue weighted by molar-refractivity contribution is 0.332. The average molecular weight is 968 g/mol. The fourth-order valence-electron chi connectivity index (χ4n) is 14.4. The molecule has 0 spiro atoms. The third kappa shape index (κ3) is 7.13. The molecule has 0 saturated heterocycles. The molecule has 0 saturated carbocycles. The fraction of sp³-hybridized carbons (Fsp3) is 0.343. The molecule has 3 aliphatic carbocycles. The second kappa shape index (κ2) is 16.0. The molecule has 1 aliphatic heterocycles. The van der Waals surface area contributed by atoms with Crippen LogP contribution >= 0.6 is 0 Å². The molecule has 0 atom stereocenters. The maximum Gasteiger partial charge on any atom is 0.198 e. The van der Waals surface area contributed by atoms with Gasteiger partial charge in [0.25, 0.3) is 0 Å². The number of benzene rings is 8. The first-order chi connectivity index (χ1) is 35.1. The van der Waals surface area contributed by atoms with Crippen LogP contribution in [0.4, 0.5) is 28.4 Å². The minimum atomic E-state index is 0.00168. The van der Waals surface area contributed by atoms with Gasteiger partial charge in [0.1, 0.15) is 0 Å². The molecule has 9 aromatic rings. The molecule has 0 unspecified atom stereocenters. The predicted octanol–water partition coefficient (Wildman–Crippen LogP) is 17.6. The summed E-state index contributed by atoms with van der Waals surface area (Å²) < 4.78 is 2.74. The van der Waals surface area contributed by atoms with Gasteiger partial charge in [-0.3, -0.25) is 0 Å². The van der Waals surface area contributed by atoms with Crippen LogP contribution in [0.2, 0.25) is 0 Å². The zero-order valence-electron chi connectivity index (χ0n) is 46.2. The van der Waals surface area contributed by atoms with E-state index in [1.165, 1.54) is 131 Å². The average Bonchev–Trinajstić information content (AvgIpc) is 3.77. The first-order valence-electron chi connectivity index (χ1n) is 27.9. The SMILES string of the molecule is CC1(C)CCC(C)(C)c2cc(Nc3cc4c(cc3-c3cc(N(c5ccccc5)c5ccccc5)c5c6ccc7ccccc7c6n6c5c3Bc3cc5c(cc3-6)C(C)(C)CCC5(C)C)C(C)(C)CCC4(C)C)ccc21. The lowest BCUT2D eigenvalue weighted by Crippen LogP contribution is -2.41. The number of para-hydroxylation sites is 2. The van der Waals surface area contributed by atoms with E-state index in [0.29, 0.717) is 0 Å². The number of nitrogens with zero attached hydrogens (tertiary/aromatic N) is 2. The Balaban J connectivity index is 1.20. The molecule has 0 radical (unpaired) electrons. The summed E-state index contributed by atoms with van der Waals surface area (Å²) in [6.45, 7) is 29.6. The summed E-state index contributed by atoms with van der Waals surface area (Å²) in [5.74, 6) is 0. The molecule has 2 heterocycles. The van der Waals surface area contributed by atoms with Crippen LogP contribution in [0.1, 0.15) is 155 Å². The number of nitrogens with one attached hydrogen (secondary N) is 1. The van der Waals surface area contributed by atoms with Crippen LogP contribution in [0.5, 0.6) is 0 Å². The molecule has 0 fully saturated rings. The van der Waals surface area contributed by atoms with Crippen molar-refractivity contribution in [1.29, 1.82) is 0 Å². The third-order valence-corrected chi connectivity index (χ3v) is 19.3. The monoisotopic (exact) mass is 968 g/mol. The summed E-state index contributed by atoms with van der Waals surface area (Å²) in [6.07, 6.45) is 7.03. The van der Waals surface area contributed by atoms with Crippen molar-refractivity contribution in [2.24, 2.45) is 0 Å². The summed E-state index contributed by atoms with van der Waals surface area (Å²) in [5.41, 5.74) is 24.4. The van der Waals surface area contributed by atoms with Gasteiger partial charge in [-0.2, -0.15) is 0 Å². The highest BCUT2D eigenvalue weighted by Gasteiger charge is 2.42. The van der Waals surface area contributed by atoms with Crippen molar-refractivity contribution < 1.29 is 0 Å². The Labute approximate surface area is 441 Å². The van der Waals surface area contributed by atoms with E-state index in [9.17, 15) is 0 Å². The van der Waals surface area contributed by atoms with E-state index in [-0.39, 0.29) is 32.5 Å². The van der Waals surface area contributed by atoms with Crippen LogP contribution < -0.4 is 21.1 Å². The molecule has 0 bridgehead atoms. The van der Waals surface area contributed by atoms with E-state index in [1.54, 1.807) is 0 Å². The predicted molar refractivity (Wildman–Crippen MR) is 320 cm³/mol. The number of aromatic nitrogens is 1. The molecular formula is C70H74BN3. The highest BCUT2D eigenvalue weighted by Crippen LogP contribution is 2.54. The Morgan fingerprint density at radius 3 is 1.55 bits per heavy atom. The Bertz CT molecular complexity index is 3750. The molecular weight excluding hydrogens is 894 g/mol. The Kier molecular flexibility index (Phi) is 10.2. The molecule has 1 aromatic heterocycles. The zero-order valence-corrected chi connectivity index (χ0v) is 46.2. The van der Waals surface area contributed by atoms with Gasteiger partial charge in [-0.25, -0.2) is 0 Å². The number of anilines is 5. The third-order valence-electron chi connectivity index (χ3n) is 19.3. The maximum atomic E-state index is 4.26. The van der Waals surface area contributed by atoms with Crippen LogP contribution in [-0.2, 0) is 32.5 Å². The fourth-order valence-corrected chi connectivity index (χ4v) is 14.4. The smallest absolute Gasteiger partial charge is 0.198 e. The van der Waals surface area contributed by atoms with E-state index in [2.05, 4.69) is 243 Å². The molecule has 4 heteroatoms. The summed E-state index contributed by atoms with van der Waals surface area (Å²) in [4.78, 5) is 2.54. The number of rotatable bonds is 6. The molecule has 13 rings (SSSR count). The lowest BCUT2D eigenvalue weighted by atomic mass is 9.55. The van der Waals surface area contributed by atoms with Gasteiger partial charge < -0.3 is 14.8 Å². The number of hydrogen-bond donors (Lipinski definition) is 1. The van der Waals surface area contributed by atoms with Crippen LogP contribution in [0.15, 0.2) is 146 Å². The summed E-state index contributed by atoms with van der Waals surface area (Å²) in [7, 11) is 0.837. The van der Waals surface area contributed by atoms with Gasteiger partial charge in [-0.15, -0.1) is 0 Å². The Hall–Kier alpha value is -6.52. The zero-order chi connectivity index (χ0) is 51.5. The summed E-state index contributed by atoms with van der Waals surface area (Å²) in [6, 6.07) is 56.5. The maximum absolute atomic E-state index is 4.26. The first kappa shape index (κ1) is 47.2. The van der Waals surface area contributed by atoms with Crippen molar-refractivity contribution in [3.8, 4) is 16.8 Å². The van der Waals surface area contributed by atoms with Gasteiger partial charge in [0.15, 0.2) is 7.28 Å². The van der Waals surface area contributed by atoms with Gasteiger partial charge in [0, 0.05) is 50.2 Å². The van der Waals surface area contributed by atoms with Crippen molar-refractivity contribution in [3.63, 3.8) is 0 Å². The van der Waals surface area contributed by atoms with Gasteiger partial charge in [0.2, 0.25) is 0 Å². The van der Waals surface area contributed by atoms with Crippen molar-refractivity contribution in [2.75, 3.05) is 10.2 Å². The second-order valence-electron chi connectivity index (χ2n) is 27.0. The van der Waals surface area contributed by atoms with E-state index in [4.69, 9.17) is 0 Å². The van der Waals surface area contributed by atoms with Crippen LogP contribution in [0, 0.1) is 0 Å². The topological polar surface area (TPSA) is 20.2 Å². The molecule has 8 aromatic carbocycles. The van der Waals surface area contributed by atoms with Gasteiger partial charge >= 0.3 is 0 Å². The normalized spacial score (nSPS) is 19.0. The molecule has 372 valence electrons. The van der Waals surface area contributed by atoms with Crippen molar-refractivity contribution >= 4 is 79.2 Å². The highest BCUT2D eigenvalue weighted by atomic mass is 15.1. The van der Waals surface area contributed by atoms with Crippen LogP contribution in [-0.4, -0.2) is 11.8 Å². The van der Waals surface area contributed by atoms with E-state index in [0.717, 1.165) is 37.2 Å². The summed E-state index contributed by atoms with van der Waals surface area (Å²) >= 11 is 0. The number of fused-ring (bicyclic) bond motifs is 10. The minimum absolute atomic E-state index is 0.00168. The molecule has 4 aliphatic rings. The number of hydrogen-bond acceptors (Lipinski definition) is 2. The minimum Gasteiger partial charge on any atom is -0.355 e. The second-order valence-corrected chi connectivity index (χ2v) is 27.0. The molecule has 1 N–H and O–H groups in total. The molecule has 74 heavy (non-hydrogen) atoms. The van der Waals surface area contributed by atoms with E-state index < -0.39 is 0 Å². The first-order valence-corrected chi connectivity index (χ1v) is 27.9. The standard InChI is InChI=1S/C70H74BN3/c1-65(2)31-32-66(3,4)52-37-44(28-30-51(52)65)72-58-41-55-53(67(5,6)33-35-69(55,9)10)38-49(58)50-39-60(73(45-22-15-13-16-23-45)46-24-17-14-18-25-46)61-48-29-27-43-21-19-20-26-47(43)63(48)74-59-42-56-54(40-57(59)71-62(50)64(61)74)68(7,8)34-36-70(56,11)12/h13-30,37-42,71-72H,31-36H2,1-12H3.